The van der Waals surface area contributed by atoms with Gasteiger partial charge in [0.05, 0.1) is 23.6 Å². The number of aliphatic hydroxyl groups excluding tert-OH is 1. The van der Waals surface area contributed by atoms with Gasteiger partial charge in [0.25, 0.3) is 5.91 Å². The van der Waals surface area contributed by atoms with Crippen molar-refractivity contribution >= 4 is 23.3 Å². The van der Waals surface area contributed by atoms with Gasteiger partial charge in [-0.05, 0) is 38.2 Å². The number of nitrogens with one attached hydrogen (secondary N) is 2. The predicted octanol–water partition coefficient (Wildman–Crippen LogP) is 4.24. The van der Waals surface area contributed by atoms with Gasteiger partial charge in [0.1, 0.15) is 17.6 Å². The Morgan fingerprint density at radius 1 is 1.26 bits per heavy atom. The summed E-state index contributed by atoms with van der Waals surface area (Å²) in [5.74, 6) is -0.360. The van der Waals surface area contributed by atoms with E-state index in [1.54, 1.807) is 38.2 Å². The molecule has 6 atom stereocenters. The van der Waals surface area contributed by atoms with Gasteiger partial charge >= 0.3 is 5.97 Å². The third kappa shape index (κ3) is 9.48. The number of phenolic OH excluding ortho intramolecular Hbond substituents is 2. The second-order valence-electron chi connectivity index (χ2n) is 10.8. The Morgan fingerprint density at radius 2 is 1.95 bits per heavy atom. The Morgan fingerprint density at radius 3 is 2.56 bits per heavy atom. The van der Waals surface area contributed by atoms with E-state index in [2.05, 4.69) is 17.2 Å². The zero-order chi connectivity index (χ0) is 32.3. The molecule has 1 aliphatic rings. The standard InChI is InChI=1S/C33H44N2O8/c1-9-14-34-29-23-15-19(3)16-27(42-8)30(38)21(5)17-22(6)32(43-28(37)10-2)26(41-7)13-11-12-20(4)33(40)35-24(31(23)39)18-25(29)36/h2,9,11-13,17-19,21,26-27,30,32,34,36,38-39H,1,14-16H2,3-8H3,(H,35,40)/b13-11-,20-12+,22-17+/t19-,21+,26?,27?,30?,32?/m1/s1. The van der Waals surface area contributed by atoms with E-state index in [1.807, 2.05) is 19.8 Å². The van der Waals surface area contributed by atoms with Gasteiger partial charge in [-0.25, -0.2) is 4.79 Å². The highest BCUT2D eigenvalue weighted by molar-refractivity contribution is 6.04. The van der Waals surface area contributed by atoms with Gasteiger partial charge in [0, 0.05) is 49.8 Å². The molecule has 1 aromatic rings. The first-order valence-corrected chi connectivity index (χ1v) is 14.1. The van der Waals surface area contributed by atoms with Crippen molar-refractivity contribution in [2.45, 2.75) is 65.0 Å². The molecule has 1 aromatic carbocycles. The Kier molecular flexibility index (Phi) is 13.5. The number of rotatable bonds is 6. The van der Waals surface area contributed by atoms with Crippen LogP contribution in [-0.2, 0) is 30.2 Å². The minimum Gasteiger partial charge on any atom is -0.506 e. The van der Waals surface area contributed by atoms with Crippen LogP contribution >= 0.6 is 0 Å². The summed E-state index contributed by atoms with van der Waals surface area (Å²) in [5, 5.41) is 39.1. The molecule has 43 heavy (non-hydrogen) atoms. The summed E-state index contributed by atoms with van der Waals surface area (Å²) >= 11 is 0. The Balaban J connectivity index is 2.68. The van der Waals surface area contributed by atoms with Crippen LogP contribution in [0.5, 0.6) is 11.5 Å². The van der Waals surface area contributed by atoms with Crippen LogP contribution in [-0.4, -0.2) is 72.4 Å². The second-order valence-corrected chi connectivity index (χ2v) is 10.8. The Labute approximate surface area is 254 Å². The smallest absolute Gasteiger partial charge is 0.384 e. The van der Waals surface area contributed by atoms with Gasteiger partial charge in [0.15, 0.2) is 6.10 Å². The number of terminal acetylenes is 1. The van der Waals surface area contributed by atoms with Crippen molar-refractivity contribution in [2.24, 2.45) is 11.8 Å². The number of carbonyl (C=O) groups excluding carboxylic acids is 2. The number of hydrogen-bond acceptors (Lipinski definition) is 9. The second kappa shape index (κ2) is 16.6. The number of hydrogen-bond donors (Lipinski definition) is 5. The van der Waals surface area contributed by atoms with E-state index in [9.17, 15) is 24.9 Å². The van der Waals surface area contributed by atoms with E-state index in [0.717, 1.165) is 0 Å². The molecule has 0 radical (unpaired) electrons. The van der Waals surface area contributed by atoms with E-state index in [1.165, 1.54) is 26.4 Å². The molecule has 1 aliphatic heterocycles. The topological polar surface area (TPSA) is 147 Å². The molecule has 1 amide bonds. The van der Waals surface area contributed by atoms with Crippen LogP contribution in [0.3, 0.4) is 0 Å². The zero-order valence-electron chi connectivity index (χ0n) is 25.7. The molecule has 10 nitrogen and oxygen atoms in total. The van der Waals surface area contributed by atoms with Crippen molar-refractivity contribution in [3.63, 3.8) is 0 Å². The molecular formula is C33H44N2O8. The largest absolute Gasteiger partial charge is 0.506 e. The SMILES string of the molecule is C#CC(=O)OC1/C(C)=C/[C@H](C)C(O)C(OC)C[C@H](C)Cc2c(O)c(cc(O)c2NCC=C)NC(=O)/C(C)=C/C=C\C1OC. The van der Waals surface area contributed by atoms with Crippen LogP contribution in [0.25, 0.3) is 0 Å². The number of aliphatic hydroxyl groups is 1. The minimum atomic E-state index is -0.943. The van der Waals surface area contributed by atoms with Gasteiger partial charge in [0.2, 0.25) is 0 Å². The predicted molar refractivity (Wildman–Crippen MR) is 167 cm³/mol. The van der Waals surface area contributed by atoms with Gasteiger partial charge in [-0.2, -0.15) is 0 Å². The summed E-state index contributed by atoms with van der Waals surface area (Å²) in [4.78, 5) is 25.1. The number of aromatic hydroxyl groups is 2. The summed E-state index contributed by atoms with van der Waals surface area (Å²) in [6.07, 6.45) is 10.8. The molecule has 10 heteroatoms. The molecule has 2 rings (SSSR count). The normalized spacial score (nSPS) is 28.7. The quantitative estimate of drug-likeness (QED) is 0.0813. The van der Waals surface area contributed by atoms with Crippen molar-refractivity contribution in [3.05, 3.63) is 59.7 Å². The van der Waals surface area contributed by atoms with Crippen molar-refractivity contribution in [1.29, 1.82) is 0 Å². The van der Waals surface area contributed by atoms with Crippen molar-refractivity contribution in [1.82, 2.24) is 0 Å². The molecule has 0 aliphatic carbocycles. The lowest BCUT2D eigenvalue weighted by Gasteiger charge is -2.29. The Bertz CT molecular complexity index is 1290. The molecule has 4 unspecified atom stereocenters. The highest BCUT2D eigenvalue weighted by Gasteiger charge is 2.30. The molecular weight excluding hydrogens is 552 g/mol. The number of ether oxygens (including phenoxy) is 3. The van der Waals surface area contributed by atoms with Gasteiger partial charge in [-0.3, -0.25) is 4.79 Å². The molecule has 0 saturated carbocycles. The van der Waals surface area contributed by atoms with Crippen LogP contribution in [0.2, 0.25) is 0 Å². The highest BCUT2D eigenvalue weighted by atomic mass is 16.6. The van der Waals surface area contributed by atoms with Crippen molar-refractivity contribution in [3.8, 4) is 23.8 Å². The molecule has 234 valence electrons. The molecule has 0 aromatic heterocycles. The average molecular weight is 597 g/mol. The highest BCUT2D eigenvalue weighted by Crippen LogP contribution is 2.42. The molecule has 2 bridgehead atoms. The number of allylic oxidation sites excluding steroid dienone is 2. The maximum Gasteiger partial charge on any atom is 0.384 e. The summed E-state index contributed by atoms with van der Waals surface area (Å²) in [6.45, 7) is 11.1. The van der Waals surface area contributed by atoms with E-state index in [-0.39, 0.29) is 35.1 Å². The van der Waals surface area contributed by atoms with E-state index in [0.29, 0.717) is 29.8 Å². The molecule has 0 spiro atoms. The molecule has 1 heterocycles. The number of methoxy groups -OCH3 is 2. The number of carbonyl (C=O) groups is 2. The lowest BCUT2D eigenvalue weighted by molar-refractivity contribution is -0.144. The summed E-state index contributed by atoms with van der Waals surface area (Å²) < 4.78 is 16.8. The summed E-state index contributed by atoms with van der Waals surface area (Å²) in [5.41, 5.74) is 1.65. The number of anilines is 2. The van der Waals surface area contributed by atoms with Gasteiger partial charge < -0.3 is 40.2 Å². The number of benzene rings is 1. The van der Waals surface area contributed by atoms with Gasteiger partial charge in [-0.1, -0.05) is 44.2 Å². The maximum absolute atomic E-state index is 13.0. The number of fused-ring (bicyclic) bond motifs is 2. The lowest BCUT2D eigenvalue weighted by atomic mass is 9.87. The van der Waals surface area contributed by atoms with Crippen LogP contribution < -0.4 is 10.6 Å². The molecule has 0 fully saturated rings. The first-order chi connectivity index (χ1) is 20.4. The van der Waals surface area contributed by atoms with Crippen LogP contribution in [0, 0.1) is 24.2 Å². The van der Waals surface area contributed by atoms with Crippen LogP contribution in [0.4, 0.5) is 11.4 Å². The van der Waals surface area contributed by atoms with Crippen LogP contribution in [0.15, 0.2) is 54.2 Å². The van der Waals surface area contributed by atoms with Crippen molar-refractivity contribution < 1.29 is 39.1 Å². The fourth-order valence-electron chi connectivity index (χ4n) is 5.01. The third-order valence-corrected chi connectivity index (χ3v) is 7.36. The Hall–Kier alpha value is -4.04. The summed E-state index contributed by atoms with van der Waals surface area (Å²) in [7, 11) is 2.95. The molecule has 0 saturated heterocycles. The minimum absolute atomic E-state index is 0.0382. The van der Waals surface area contributed by atoms with E-state index < -0.39 is 42.2 Å². The van der Waals surface area contributed by atoms with Gasteiger partial charge in [-0.15, -0.1) is 13.0 Å². The first kappa shape index (κ1) is 35.2. The molecule has 5 N–H and O–H groups in total. The van der Waals surface area contributed by atoms with E-state index >= 15 is 0 Å². The fraction of sp³-hybridized carbons (Fsp3) is 0.455. The summed E-state index contributed by atoms with van der Waals surface area (Å²) in [6, 6.07) is 1.28. The lowest BCUT2D eigenvalue weighted by Crippen LogP contribution is -2.36. The third-order valence-electron chi connectivity index (χ3n) is 7.36. The average Bonchev–Trinajstić information content (AvgIpc) is 2.97. The maximum atomic E-state index is 13.0. The number of esters is 1. The monoisotopic (exact) mass is 596 g/mol. The van der Waals surface area contributed by atoms with Crippen molar-refractivity contribution in [2.75, 3.05) is 31.4 Å². The zero-order valence-corrected chi connectivity index (χ0v) is 25.7. The van der Waals surface area contributed by atoms with Crippen LogP contribution in [0.1, 0.15) is 39.7 Å². The first-order valence-electron chi connectivity index (χ1n) is 14.1. The fourth-order valence-corrected chi connectivity index (χ4v) is 5.01. The number of phenols is 2. The number of amides is 1. The van der Waals surface area contributed by atoms with E-state index in [4.69, 9.17) is 20.6 Å².